The fraction of sp³-hybridized carbons (Fsp3) is 0.667. The normalized spacial score (nSPS) is 16.9. The van der Waals surface area contributed by atoms with Crippen LogP contribution in [0.5, 0.6) is 0 Å². The Morgan fingerprint density at radius 2 is 2.10 bits per heavy atom. The maximum absolute atomic E-state index is 12.1. The summed E-state index contributed by atoms with van der Waals surface area (Å²) < 4.78 is 0. The van der Waals surface area contributed by atoms with E-state index in [-0.39, 0.29) is 11.3 Å². The van der Waals surface area contributed by atoms with E-state index in [1.54, 1.807) is 6.20 Å². The van der Waals surface area contributed by atoms with Crippen molar-refractivity contribution in [1.82, 2.24) is 15.3 Å². The molecule has 1 saturated carbocycles. The van der Waals surface area contributed by atoms with Gasteiger partial charge in [0.25, 0.3) is 5.91 Å². The number of anilines is 1. The highest BCUT2D eigenvalue weighted by Crippen LogP contribution is 2.36. The first-order chi connectivity index (χ1) is 9.63. The van der Waals surface area contributed by atoms with Crippen molar-refractivity contribution in [3.8, 4) is 0 Å². The van der Waals surface area contributed by atoms with E-state index in [0.717, 1.165) is 19.5 Å². The van der Waals surface area contributed by atoms with E-state index in [2.05, 4.69) is 34.4 Å². The van der Waals surface area contributed by atoms with Crippen LogP contribution in [0.2, 0.25) is 0 Å². The molecule has 5 heteroatoms. The lowest BCUT2D eigenvalue weighted by molar-refractivity contribution is 0.0929. The second-order valence-corrected chi connectivity index (χ2v) is 5.92. The van der Waals surface area contributed by atoms with Crippen LogP contribution in [0.25, 0.3) is 0 Å². The van der Waals surface area contributed by atoms with Crippen molar-refractivity contribution in [3.63, 3.8) is 0 Å². The number of nitrogens with zero attached hydrogens (tertiary/aromatic N) is 2. The van der Waals surface area contributed by atoms with Crippen molar-refractivity contribution < 1.29 is 4.79 Å². The molecule has 110 valence electrons. The number of hydrogen-bond donors (Lipinski definition) is 2. The smallest absolute Gasteiger partial charge is 0.271 e. The zero-order chi connectivity index (χ0) is 14.4. The highest BCUT2D eigenvalue weighted by Gasteiger charge is 2.29. The Labute approximate surface area is 120 Å². The number of aromatic nitrogens is 2. The summed E-state index contributed by atoms with van der Waals surface area (Å²) in [6.07, 6.45) is 9.09. The quantitative estimate of drug-likeness (QED) is 0.838. The molecule has 0 atom stereocenters. The monoisotopic (exact) mass is 276 g/mol. The Balaban J connectivity index is 1.91. The van der Waals surface area contributed by atoms with Gasteiger partial charge in [0.15, 0.2) is 0 Å². The summed E-state index contributed by atoms with van der Waals surface area (Å²) in [5.41, 5.74) is 0.633. The van der Waals surface area contributed by atoms with Gasteiger partial charge in [-0.15, -0.1) is 0 Å². The predicted octanol–water partition coefficient (Wildman–Crippen LogP) is 2.61. The first kappa shape index (κ1) is 14.8. The Bertz CT molecular complexity index is 455. The maximum atomic E-state index is 12.1. The topological polar surface area (TPSA) is 66.9 Å². The molecule has 2 rings (SSSR count). The first-order valence-electron chi connectivity index (χ1n) is 7.47. The minimum absolute atomic E-state index is 0.134. The maximum Gasteiger partial charge on any atom is 0.271 e. The molecule has 1 aliphatic carbocycles. The van der Waals surface area contributed by atoms with Crippen molar-refractivity contribution >= 4 is 11.7 Å². The Hall–Kier alpha value is -1.65. The molecule has 1 aliphatic rings. The Morgan fingerprint density at radius 1 is 1.35 bits per heavy atom. The lowest BCUT2D eigenvalue weighted by Crippen LogP contribution is -2.34. The average molecular weight is 276 g/mol. The number of carbonyl (C=O) groups is 1. The zero-order valence-electron chi connectivity index (χ0n) is 12.4. The van der Waals surface area contributed by atoms with Crippen LogP contribution in [0, 0.1) is 5.41 Å². The van der Waals surface area contributed by atoms with E-state index < -0.39 is 0 Å². The van der Waals surface area contributed by atoms with Crippen LogP contribution >= 0.6 is 0 Å². The molecule has 0 bridgehead atoms. The van der Waals surface area contributed by atoms with Gasteiger partial charge in [-0.2, -0.15) is 0 Å². The van der Waals surface area contributed by atoms with Crippen LogP contribution in [-0.4, -0.2) is 29.0 Å². The lowest BCUT2D eigenvalue weighted by Gasteiger charge is -2.23. The summed E-state index contributed by atoms with van der Waals surface area (Å²) in [5.74, 6) is 0.525. The van der Waals surface area contributed by atoms with Crippen molar-refractivity contribution in [2.24, 2.45) is 5.41 Å². The SMILES string of the molecule is CCCNc1cncc(C(=O)NCC2(C)CCCC2)n1. The molecule has 1 heterocycles. The Kier molecular flexibility index (Phi) is 4.93. The third kappa shape index (κ3) is 3.92. The molecule has 0 radical (unpaired) electrons. The fourth-order valence-electron chi connectivity index (χ4n) is 2.60. The summed E-state index contributed by atoms with van der Waals surface area (Å²) in [4.78, 5) is 20.5. The minimum Gasteiger partial charge on any atom is -0.369 e. The van der Waals surface area contributed by atoms with Gasteiger partial charge in [-0.05, 0) is 24.7 Å². The third-order valence-electron chi connectivity index (χ3n) is 3.91. The number of nitrogens with one attached hydrogen (secondary N) is 2. The van der Waals surface area contributed by atoms with Gasteiger partial charge >= 0.3 is 0 Å². The number of rotatable bonds is 6. The molecule has 1 fully saturated rings. The van der Waals surface area contributed by atoms with Gasteiger partial charge in [0, 0.05) is 13.1 Å². The molecule has 1 aromatic heterocycles. The van der Waals surface area contributed by atoms with Gasteiger partial charge in [0.05, 0.1) is 12.4 Å². The van der Waals surface area contributed by atoms with Gasteiger partial charge < -0.3 is 10.6 Å². The van der Waals surface area contributed by atoms with E-state index in [0.29, 0.717) is 11.5 Å². The summed E-state index contributed by atoms with van der Waals surface area (Å²) in [6.45, 7) is 5.88. The van der Waals surface area contributed by atoms with Crippen LogP contribution in [-0.2, 0) is 0 Å². The summed E-state index contributed by atoms with van der Waals surface area (Å²) in [5, 5.41) is 6.14. The van der Waals surface area contributed by atoms with Crippen LogP contribution in [0.1, 0.15) is 56.4 Å². The molecule has 1 amide bonds. The van der Waals surface area contributed by atoms with Gasteiger partial charge in [0.2, 0.25) is 0 Å². The van der Waals surface area contributed by atoms with Crippen molar-refractivity contribution in [3.05, 3.63) is 18.1 Å². The van der Waals surface area contributed by atoms with Crippen LogP contribution in [0.15, 0.2) is 12.4 Å². The van der Waals surface area contributed by atoms with Gasteiger partial charge in [-0.3, -0.25) is 9.78 Å². The molecule has 20 heavy (non-hydrogen) atoms. The summed E-state index contributed by atoms with van der Waals surface area (Å²) in [6, 6.07) is 0. The standard InChI is InChI=1S/C15H24N4O/c1-3-8-17-13-10-16-9-12(19-13)14(20)18-11-15(2)6-4-5-7-15/h9-10H,3-8,11H2,1-2H3,(H,17,19)(H,18,20). The largest absolute Gasteiger partial charge is 0.369 e. The molecule has 0 spiro atoms. The third-order valence-corrected chi connectivity index (χ3v) is 3.91. The second kappa shape index (κ2) is 6.68. The van der Waals surface area contributed by atoms with Crippen molar-refractivity contribution in [2.45, 2.75) is 46.0 Å². The lowest BCUT2D eigenvalue weighted by atomic mass is 9.89. The van der Waals surface area contributed by atoms with Gasteiger partial charge in [0.1, 0.15) is 11.5 Å². The van der Waals surface area contributed by atoms with E-state index in [1.165, 1.54) is 31.9 Å². The number of hydrogen-bond acceptors (Lipinski definition) is 4. The molecule has 5 nitrogen and oxygen atoms in total. The minimum atomic E-state index is -0.134. The summed E-state index contributed by atoms with van der Waals surface area (Å²) in [7, 11) is 0. The Morgan fingerprint density at radius 3 is 2.80 bits per heavy atom. The number of amides is 1. The van der Waals surface area contributed by atoms with Gasteiger partial charge in [-0.1, -0.05) is 26.7 Å². The van der Waals surface area contributed by atoms with Gasteiger partial charge in [-0.25, -0.2) is 4.98 Å². The molecule has 0 unspecified atom stereocenters. The predicted molar refractivity (Wildman–Crippen MR) is 79.7 cm³/mol. The molecule has 2 N–H and O–H groups in total. The molecule has 1 aromatic rings. The van der Waals surface area contributed by atoms with E-state index >= 15 is 0 Å². The van der Waals surface area contributed by atoms with E-state index in [1.807, 2.05) is 0 Å². The molecular formula is C15H24N4O. The van der Waals surface area contributed by atoms with Crippen LogP contribution in [0.4, 0.5) is 5.82 Å². The van der Waals surface area contributed by atoms with Crippen molar-refractivity contribution in [2.75, 3.05) is 18.4 Å². The van der Waals surface area contributed by atoms with Crippen molar-refractivity contribution in [1.29, 1.82) is 0 Å². The van der Waals surface area contributed by atoms with Crippen LogP contribution < -0.4 is 10.6 Å². The highest BCUT2D eigenvalue weighted by atomic mass is 16.1. The highest BCUT2D eigenvalue weighted by molar-refractivity contribution is 5.92. The molecule has 0 aromatic carbocycles. The summed E-state index contributed by atoms with van der Waals surface area (Å²) >= 11 is 0. The zero-order valence-corrected chi connectivity index (χ0v) is 12.4. The fourth-order valence-corrected chi connectivity index (χ4v) is 2.60. The van der Waals surface area contributed by atoms with E-state index in [9.17, 15) is 4.79 Å². The molecule has 0 aliphatic heterocycles. The second-order valence-electron chi connectivity index (χ2n) is 5.92. The number of carbonyl (C=O) groups excluding carboxylic acids is 1. The molecular weight excluding hydrogens is 252 g/mol. The average Bonchev–Trinajstić information content (AvgIpc) is 2.90. The first-order valence-corrected chi connectivity index (χ1v) is 7.47. The van der Waals surface area contributed by atoms with E-state index in [4.69, 9.17) is 0 Å². The van der Waals surface area contributed by atoms with Crippen LogP contribution in [0.3, 0.4) is 0 Å². The molecule has 0 saturated heterocycles.